The summed E-state index contributed by atoms with van der Waals surface area (Å²) in [5.74, 6) is 0.356. The van der Waals surface area contributed by atoms with Gasteiger partial charge in [-0.25, -0.2) is 9.78 Å². The Labute approximate surface area is 176 Å². The Bertz CT molecular complexity index is 854. The van der Waals surface area contributed by atoms with Crippen LogP contribution in [0, 0.1) is 0 Å². The molecule has 1 aliphatic rings. The highest BCUT2D eigenvalue weighted by molar-refractivity contribution is 5.91. The lowest BCUT2D eigenvalue weighted by Crippen LogP contribution is -2.36. The van der Waals surface area contributed by atoms with Crippen molar-refractivity contribution in [2.24, 2.45) is 0 Å². The molecule has 1 aromatic heterocycles. The molecule has 0 unspecified atom stereocenters. The van der Waals surface area contributed by atoms with E-state index in [1.165, 1.54) is 0 Å². The second kappa shape index (κ2) is 9.58. The van der Waals surface area contributed by atoms with Crippen molar-refractivity contribution < 1.29 is 19.1 Å². The first-order valence-electron chi connectivity index (χ1n) is 9.96. The van der Waals surface area contributed by atoms with E-state index in [-0.39, 0.29) is 12.3 Å². The summed E-state index contributed by atoms with van der Waals surface area (Å²) >= 11 is 0. The fourth-order valence-corrected chi connectivity index (χ4v) is 2.97. The molecule has 3 rings (SSSR count). The average Bonchev–Trinajstić information content (AvgIpc) is 2.69. The zero-order valence-electron chi connectivity index (χ0n) is 17.6. The van der Waals surface area contributed by atoms with Gasteiger partial charge in [0.2, 0.25) is 5.91 Å². The molecule has 0 bridgehead atoms. The van der Waals surface area contributed by atoms with Crippen LogP contribution in [0.5, 0.6) is 0 Å². The normalized spacial score (nSPS) is 14.2. The largest absolute Gasteiger partial charge is 0.444 e. The summed E-state index contributed by atoms with van der Waals surface area (Å²) < 4.78 is 10.6. The molecule has 160 valence electrons. The van der Waals surface area contributed by atoms with Gasteiger partial charge in [0.25, 0.3) is 0 Å². The molecule has 0 atom stereocenters. The Morgan fingerprint density at radius 3 is 2.37 bits per heavy atom. The number of hydrogen-bond acceptors (Lipinski definition) is 6. The van der Waals surface area contributed by atoms with E-state index in [4.69, 9.17) is 9.47 Å². The van der Waals surface area contributed by atoms with Gasteiger partial charge in [0.15, 0.2) is 0 Å². The Hall–Kier alpha value is -3.13. The molecular formula is C22H28N4O4. The summed E-state index contributed by atoms with van der Waals surface area (Å²) in [5, 5.41) is 5.48. The average molecular weight is 412 g/mol. The van der Waals surface area contributed by atoms with E-state index < -0.39 is 11.7 Å². The number of rotatable bonds is 5. The number of carbonyl (C=O) groups is 2. The first-order chi connectivity index (χ1) is 14.3. The van der Waals surface area contributed by atoms with Crippen LogP contribution in [0.25, 0.3) is 0 Å². The second-order valence-electron chi connectivity index (χ2n) is 8.05. The summed E-state index contributed by atoms with van der Waals surface area (Å²) in [6.45, 7) is 8.52. The molecule has 1 aromatic carbocycles. The number of anilines is 3. The molecule has 8 heteroatoms. The minimum atomic E-state index is -0.559. The Balaban J connectivity index is 1.49. The number of aromatic nitrogens is 1. The van der Waals surface area contributed by atoms with Crippen LogP contribution in [-0.2, 0) is 20.7 Å². The van der Waals surface area contributed by atoms with Gasteiger partial charge in [-0.2, -0.15) is 0 Å². The van der Waals surface area contributed by atoms with E-state index in [1.54, 1.807) is 57.3 Å². The molecule has 0 spiro atoms. The number of pyridine rings is 1. The molecule has 2 heterocycles. The van der Waals surface area contributed by atoms with Crippen LogP contribution in [0.1, 0.15) is 26.3 Å². The smallest absolute Gasteiger partial charge is 0.412 e. The van der Waals surface area contributed by atoms with Crippen LogP contribution in [0.4, 0.5) is 22.0 Å². The summed E-state index contributed by atoms with van der Waals surface area (Å²) in [5.41, 5.74) is 1.89. The third-order valence-corrected chi connectivity index (χ3v) is 4.36. The number of ether oxygens (including phenoxy) is 2. The summed E-state index contributed by atoms with van der Waals surface area (Å²) in [6, 6.07) is 10.8. The molecule has 8 nitrogen and oxygen atoms in total. The number of morpholine rings is 1. The molecule has 1 fully saturated rings. The quantitative estimate of drug-likeness (QED) is 0.781. The molecular weight excluding hydrogens is 384 g/mol. The fourth-order valence-electron chi connectivity index (χ4n) is 2.97. The van der Waals surface area contributed by atoms with Crippen molar-refractivity contribution in [1.82, 2.24) is 4.98 Å². The first kappa shape index (κ1) is 21.6. The van der Waals surface area contributed by atoms with Gasteiger partial charge in [0.05, 0.1) is 31.5 Å². The van der Waals surface area contributed by atoms with Crippen molar-refractivity contribution in [3.63, 3.8) is 0 Å². The number of amides is 2. The lowest BCUT2D eigenvalue weighted by atomic mass is 10.1. The molecule has 2 amide bonds. The predicted molar refractivity (Wildman–Crippen MR) is 116 cm³/mol. The van der Waals surface area contributed by atoms with Gasteiger partial charge in [-0.3, -0.25) is 10.1 Å². The van der Waals surface area contributed by atoms with E-state index in [0.717, 1.165) is 24.3 Å². The number of benzene rings is 1. The van der Waals surface area contributed by atoms with Crippen molar-refractivity contribution in [3.8, 4) is 0 Å². The van der Waals surface area contributed by atoms with Crippen molar-refractivity contribution in [2.45, 2.75) is 32.8 Å². The predicted octanol–water partition coefficient (Wildman–Crippen LogP) is 3.45. The van der Waals surface area contributed by atoms with E-state index in [2.05, 4.69) is 20.5 Å². The highest BCUT2D eigenvalue weighted by Crippen LogP contribution is 2.17. The van der Waals surface area contributed by atoms with Gasteiger partial charge in [0, 0.05) is 18.8 Å². The standard InChI is InChI=1S/C22H28N4O4/c1-22(2,3)30-21(28)24-17-6-4-16(5-7-17)14-20(27)25-19-9-8-18(15-23-19)26-10-12-29-13-11-26/h4-9,15H,10-14H2,1-3H3,(H,24,28)(H,23,25,27). The van der Waals surface area contributed by atoms with Gasteiger partial charge in [-0.15, -0.1) is 0 Å². The fraction of sp³-hybridized carbons (Fsp3) is 0.409. The zero-order chi connectivity index (χ0) is 21.6. The SMILES string of the molecule is CC(C)(C)OC(=O)Nc1ccc(CC(=O)Nc2ccc(N3CCOCC3)cn2)cc1. The first-order valence-corrected chi connectivity index (χ1v) is 9.96. The molecule has 1 aliphatic heterocycles. The Morgan fingerprint density at radius 2 is 1.77 bits per heavy atom. The van der Waals surface area contributed by atoms with Gasteiger partial charge in [0.1, 0.15) is 11.4 Å². The van der Waals surface area contributed by atoms with Crippen LogP contribution in [0.2, 0.25) is 0 Å². The summed E-state index contributed by atoms with van der Waals surface area (Å²) in [6.07, 6.45) is 1.46. The molecule has 1 saturated heterocycles. The van der Waals surface area contributed by atoms with Crippen molar-refractivity contribution in [1.29, 1.82) is 0 Å². The van der Waals surface area contributed by atoms with E-state index >= 15 is 0 Å². The Kier molecular flexibility index (Phi) is 6.89. The highest BCUT2D eigenvalue weighted by Gasteiger charge is 2.16. The zero-order valence-corrected chi connectivity index (χ0v) is 17.6. The van der Waals surface area contributed by atoms with Gasteiger partial charge in [-0.05, 0) is 50.6 Å². The molecule has 0 radical (unpaired) electrons. The summed E-state index contributed by atoms with van der Waals surface area (Å²) in [7, 11) is 0. The molecule has 0 saturated carbocycles. The third kappa shape index (κ3) is 6.73. The van der Waals surface area contributed by atoms with Crippen LogP contribution in [0.3, 0.4) is 0 Å². The lowest BCUT2D eigenvalue weighted by molar-refractivity contribution is -0.115. The molecule has 0 aliphatic carbocycles. The minimum absolute atomic E-state index is 0.158. The van der Waals surface area contributed by atoms with Crippen LogP contribution < -0.4 is 15.5 Å². The maximum absolute atomic E-state index is 12.3. The third-order valence-electron chi connectivity index (χ3n) is 4.36. The number of carbonyl (C=O) groups excluding carboxylic acids is 2. The Morgan fingerprint density at radius 1 is 1.07 bits per heavy atom. The highest BCUT2D eigenvalue weighted by atomic mass is 16.6. The van der Waals surface area contributed by atoms with Crippen LogP contribution in [0.15, 0.2) is 42.6 Å². The van der Waals surface area contributed by atoms with Crippen molar-refractivity contribution in [2.75, 3.05) is 41.8 Å². The molecule has 2 aromatic rings. The van der Waals surface area contributed by atoms with Gasteiger partial charge < -0.3 is 19.7 Å². The second-order valence-corrected chi connectivity index (χ2v) is 8.05. The lowest BCUT2D eigenvalue weighted by Gasteiger charge is -2.28. The van der Waals surface area contributed by atoms with E-state index in [1.807, 2.05) is 6.07 Å². The van der Waals surface area contributed by atoms with Crippen molar-refractivity contribution >= 4 is 29.2 Å². The molecule has 2 N–H and O–H groups in total. The summed E-state index contributed by atoms with van der Waals surface area (Å²) in [4.78, 5) is 30.7. The maximum atomic E-state index is 12.3. The maximum Gasteiger partial charge on any atom is 0.412 e. The van der Waals surface area contributed by atoms with Gasteiger partial charge in [-0.1, -0.05) is 12.1 Å². The van der Waals surface area contributed by atoms with Crippen molar-refractivity contribution in [3.05, 3.63) is 48.2 Å². The van der Waals surface area contributed by atoms with Crippen LogP contribution >= 0.6 is 0 Å². The van der Waals surface area contributed by atoms with E-state index in [9.17, 15) is 9.59 Å². The number of hydrogen-bond donors (Lipinski definition) is 2. The van der Waals surface area contributed by atoms with Gasteiger partial charge >= 0.3 is 6.09 Å². The monoisotopic (exact) mass is 412 g/mol. The van der Waals surface area contributed by atoms with Crippen LogP contribution in [-0.4, -0.2) is 48.9 Å². The topological polar surface area (TPSA) is 92.8 Å². The number of nitrogens with one attached hydrogen (secondary N) is 2. The molecule has 30 heavy (non-hydrogen) atoms. The number of nitrogens with zero attached hydrogens (tertiary/aromatic N) is 2. The van der Waals surface area contributed by atoms with E-state index in [0.29, 0.717) is 24.7 Å². The minimum Gasteiger partial charge on any atom is -0.444 e.